The lowest BCUT2D eigenvalue weighted by Crippen LogP contribution is -2.45. The summed E-state index contributed by atoms with van der Waals surface area (Å²) in [6.45, 7) is 4.21. The van der Waals surface area contributed by atoms with Crippen LogP contribution in [0, 0.1) is 0 Å². The van der Waals surface area contributed by atoms with Gasteiger partial charge in [0.15, 0.2) is 0 Å². The molecule has 4 nitrogen and oxygen atoms in total. The number of aliphatic hydroxyl groups excluding tert-OH is 2. The minimum absolute atomic E-state index is 0.0954. The van der Waals surface area contributed by atoms with Gasteiger partial charge in [-0.2, -0.15) is 0 Å². The topological polar surface area (TPSA) is 69.6 Å². The Kier molecular flexibility index (Phi) is 27.1. The Morgan fingerprint density at radius 2 is 1.14 bits per heavy atom. The van der Waals surface area contributed by atoms with Crippen molar-refractivity contribution in [3.8, 4) is 0 Å². The van der Waals surface area contributed by atoms with Gasteiger partial charge in [0, 0.05) is 6.42 Å². The number of carbonyl (C=O) groups excluding carboxylic acids is 1. The van der Waals surface area contributed by atoms with Crippen LogP contribution in [-0.2, 0) is 4.79 Å². The zero-order valence-electron chi connectivity index (χ0n) is 23.8. The summed E-state index contributed by atoms with van der Waals surface area (Å²) in [5.74, 6) is -0.0954. The second kappa shape index (κ2) is 28.2. The molecule has 0 bridgehead atoms. The Labute approximate surface area is 223 Å². The fourth-order valence-corrected chi connectivity index (χ4v) is 4.23. The molecule has 0 saturated heterocycles. The Balaban J connectivity index is 3.76. The Bertz CT molecular complexity index is 556. The number of amides is 1. The molecule has 0 aromatic rings. The third-order valence-corrected chi connectivity index (χ3v) is 6.65. The molecule has 0 aromatic heterocycles. The minimum Gasteiger partial charge on any atom is -0.394 e. The van der Waals surface area contributed by atoms with Crippen molar-refractivity contribution in [1.29, 1.82) is 0 Å². The number of rotatable bonds is 26. The van der Waals surface area contributed by atoms with Crippen LogP contribution < -0.4 is 5.32 Å². The van der Waals surface area contributed by atoms with E-state index in [-0.39, 0.29) is 12.5 Å². The lowest BCUT2D eigenvalue weighted by molar-refractivity contribution is -0.123. The number of hydrogen-bond acceptors (Lipinski definition) is 3. The molecule has 2 atom stereocenters. The summed E-state index contributed by atoms with van der Waals surface area (Å²) in [4.78, 5) is 12.2. The molecule has 3 N–H and O–H groups in total. The van der Waals surface area contributed by atoms with Crippen LogP contribution in [0.2, 0.25) is 0 Å². The molecule has 0 heterocycles. The van der Waals surface area contributed by atoms with Crippen molar-refractivity contribution in [3.63, 3.8) is 0 Å². The van der Waals surface area contributed by atoms with Gasteiger partial charge in [-0.15, -0.1) is 0 Å². The highest BCUT2D eigenvalue weighted by Gasteiger charge is 2.17. The van der Waals surface area contributed by atoms with Gasteiger partial charge in [-0.25, -0.2) is 0 Å². The normalized spacial score (nSPS) is 13.8. The van der Waals surface area contributed by atoms with Crippen LogP contribution in [0.25, 0.3) is 0 Å². The molecule has 210 valence electrons. The quantitative estimate of drug-likeness (QED) is 0.0628. The van der Waals surface area contributed by atoms with Crippen molar-refractivity contribution in [2.24, 2.45) is 0 Å². The molecule has 0 aliphatic rings. The molecule has 0 aliphatic carbocycles. The summed E-state index contributed by atoms with van der Waals surface area (Å²) in [6, 6.07) is -0.654. The first kappa shape index (κ1) is 34.6. The first-order valence-electron chi connectivity index (χ1n) is 15.2. The van der Waals surface area contributed by atoms with E-state index in [9.17, 15) is 15.0 Å². The molecule has 1 amide bonds. The minimum atomic E-state index is -0.887. The number of hydrogen-bond donors (Lipinski definition) is 3. The maximum atomic E-state index is 12.2. The number of unbranched alkanes of at least 4 members (excludes halogenated alkanes) is 16. The number of allylic oxidation sites excluding steroid dienone is 5. The van der Waals surface area contributed by atoms with E-state index in [2.05, 4.69) is 37.4 Å². The molecule has 0 unspecified atom stereocenters. The van der Waals surface area contributed by atoms with Gasteiger partial charge in [-0.1, -0.05) is 127 Å². The van der Waals surface area contributed by atoms with E-state index in [1.165, 1.54) is 89.9 Å². The molecule has 0 spiro atoms. The van der Waals surface area contributed by atoms with E-state index in [1.807, 2.05) is 6.08 Å². The van der Waals surface area contributed by atoms with Crippen LogP contribution in [0.5, 0.6) is 0 Å². The van der Waals surface area contributed by atoms with E-state index in [4.69, 9.17) is 0 Å². The highest BCUT2D eigenvalue weighted by atomic mass is 16.3. The van der Waals surface area contributed by atoms with Crippen molar-refractivity contribution in [2.75, 3.05) is 6.61 Å². The van der Waals surface area contributed by atoms with Crippen molar-refractivity contribution in [1.82, 2.24) is 5.32 Å². The van der Waals surface area contributed by atoms with Gasteiger partial charge >= 0.3 is 0 Å². The van der Waals surface area contributed by atoms with Crippen LogP contribution in [-0.4, -0.2) is 34.9 Å². The van der Waals surface area contributed by atoms with E-state index in [0.29, 0.717) is 6.42 Å². The summed E-state index contributed by atoms with van der Waals surface area (Å²) in [5, 5.41) is 22.6. The van der Waals surface area contributed by atoms with E-state index >= 15 is 0 Å². The van der Waals surface area contributed by atoms with E-state index in [0.717, 1.165) is 32.1 Å². The second-order valence-electron chi connectivity index (χ2n) is 10.2. The fraction of sp³-hybridized carbons (Fsp3) is 0.781. The number of carbonyl (C=O) groups is 1. The zero-order valence-corrected chi connectivity index (χ0v) is 23.8. The monoisotopic (exact) mass is 505 g/mol. The second-order valence-corrected chi connectivity index (χ2v) is 10.2. The average Bonchev–Trinajstić information content (AvgIpc) is 2.88. The lowest BCUT2D eigenvalue weighted by Gasteiger charge is -2.19. The highest BCUT2D eigenvalue weighted by Crippen LogP contribution is 2.10. The van der Waals surface area contributed by atoms with Gasteiger partial charge in [-0.3, -0.25) is 4.79 Å². The predicted octanol–water partition coefficient (Wildman–Crippen LogP) is 8.33. The lowest BCUT2D eigenvalue weighted by atomic mass is 10.1. The molecule has 0 aromatic carbocycles. The fourth-order valence-electron chi connectivity index (χ4n) is 4.23. The van der Waals surface area contributed by atoms with Crippen LogP contribution in [0.1, 0.15) is 142 Å². The summed E-state index contributed by atoms with van der Waals surface area (Å²) >= 11 is 0. The number of aliphatic hydroxyl groups is 2. The first-order valence-corrected chi connectivity index (χ1v) is 15.2. The zero-order chi connectivity index (χ0) is 26.5. The van der Waals surface area contributed by atoms with Gasteiger partial charge < -0.3 is 15.5 Å². The molecule has 0 aliphatic heterocycles. The molecular weight excluding hydrogens is 446 g/mol. The molecular formula is C32H59NO3. The highest BCUT2D eigenvalue weighted by molar-refractivity contribution is 5.76. The van der Waals surface area contributed by atoms with Gasteiger partial charge in [0.1, 0.15) is 0 Å². The average molecular weight is 506 g/mol. The third-order valence-electron chi connectivity index (χ3n) is 6.65. The SMILES string of the molecule is CCCCCCC/C=C/CCCCCCCC(=O)N[C@@H](CO)[C@H](O)/C=C/C=C/CCCCCCCC. The van der Waals surface area contributed by atoms with Crippen LogP contribution >= 0.6 is 0 Å². The van der Waals surface area contributed by atoms with Gasteiger partial charge in [0.05, 0.1) is 18.8 Å². The van der Waals surface area contributed by atoms with Gasteiger partial charge in [0.25, 0.3) is 0 Å². The van der Waals surface area contributed by atoms with Gasteiger partial charge in [-0.05, 0) is 44.9 Å². The molecule has 4 heteroatoms. The Morgan fingerprint density at radius 1 is 0.667 bits per heavy atom. The largest absolute Gasteiger partial charge is 0.394 e. The van der Waals surface area contributed by atoms with Crippen molar-refractivity contribution in [3.05, 3.63) is 36.5 Å². The predicted molar refractivity (Wildman–Crippen MR) is 156 cm³/mol. The summed E-state index contributed by atoms with van der Waals surface area (Å²) < 4.78 is 0. The maximum absolute atomic E-state index is 12.2. The third kappa shape index (κ3) is 24.3. The first-order chi connectivity index (χ1) is 17.7. The Hall–Kier alpha value is -1.39. The molecule has 36 heavy (non-hydrogen) atoms. The molecule has 0 saturated carbocycles. The van der Waals surface area contributed by atoms with E-state index < -0.39 is 12.1 Å². The molecule has 0 rings (SSSR count). The van der Waals surface area contributed by atoms with Gasteiger partial charge in [0.2, 0.25) is 5.91 Å². The smallest absolute Gasteiger partial charge is 0.220 e. The Morgan fingerprint density at radius 3 is 1.67 bits per heavy atom. The van der Waals surface area contributed by atoms with Crippen LogP contribution in [0.3, 0.4) is 0 Å². The van der Waals surface area contributed by atoms with E-state index in [1.54, 1.807) is 12.2 Å². The van der Waals surface area contributed by atoms with Crippen molar-refractivity contribution >= 4 is 5.91 Å². The van der Waals surface area contributed by atoms with Crippen LogP contribution in [0.15, 0.2) is 36.5 Å². The maximum Gasteiger partial charge on any atom is 0.220 e. The van der Waals surface area contributed by atoms with Crippen molar-refractivity contribution < 1.29 is 15.0 Å². The van der Waals surface area contributed by atoms with Crippen LogP contribution in [0.4, 0.5) is 0 Å². The molecule has 0 fully saturated rings. The van der Waals surface area contributed by atoms with Crippen molar-refractivity contribution in [2.45, 2.75) is 154 Å². The standard InChI is InChI=1S/C32H59NO3/c1-3-5-7-9-11-13-15-16-17-18-20-22-24-26-28-32(36)33-30(29-34)31(35)27-25-23-21-19-14-12-10-8-6-4-2/h15-16,21,23,25,27,30-31,34-35H,3-14,17-20,22,24,26,28-29H2,1-2H3,(H,33,36)/b16-15+,23-21+,27-25+/t30-,31+/m0/s1. The number of nitrogens with one attached hydrogen (secondary N) is 1. The summed E-state index contributed by atoms with van der Waals surface area (Å²) in [5.41, 5.74) is 0. The summed E-state index contributed by atoms with van der Waals surface area (Å²) in [7, 11) is 0. The summed E-state index contributed by atoms with van der Waals surface area (Å²) in [6.07, 6.45) is 35.1. The molecule has 0 radical (unpaired) electrons.